The SMILES string of the molecule is CCCCCCC(C)Nc1cccc(S(C)(=O)=O)c1N. The predicted octanol–water partition coefficient (Wildman–Crippen LogP) is 3.44. The summed E-state index contributed by atoms with van der Waals surface area (Å²) < 4.78 is 23.3. The first-order chi connectivity index (χ1) is 9.36. The number of anilines is 2. The summed E-state index contributed by atoms with van der Waals surface area (Å²) >= 11 is 0. The van der Waals surface area contributed by atoms with Gasteiger partial charge in [-0.1, -0.05) is 38.7 Å². The van der Waals surface area contributed by atoms with Gasteiger partial charge in [-0.15, -0.1) is 0 Å². The fraction of sp³-hybridized carbons (Fsp3) is 0.600. The number of rotatable bonds is 8. The average Bonchev–Trinajstić information content (AvgIpc) is 2.36. The van der Waals surface area contributed by atoms with Gasteiger partial charge in [0.05, 0.1) is 16.3 Å². The van der Waals surface area contributed by atoms with Crippen molar-refractivity contribution in [2.75, 3.05) is 17.3 Å². The van der Waals surface area contributed by atoms with Crippen molar-refractivity contribution in [1.82, 2.24) is 0 Å². The molecule has 0 aromatic heterocycles. The first kappa shape index (κ1) is 16.8. The minimum absolute atomic E-state index is 0.195. The summed E-state index contributed by atoms with van der Waals surface area (Å²) in [6, 6.07) is 5.37. The van der Waals surface area contributed by atoms with Gasteiger partial charge in [0, 0.05) is 12.3 Å². The van der Waals surface area contributed by atoms with E-state index in [9.17, 15) is 8.42 Å². The Morgan fingerprint density at radius 3 is 2.55 bits per heavy atom. The Hall–Kier alpha value is -1.23. The first-order valence-corrected chi connectivity index (χ1v) is 9.10. The second-order valence-electron chi connectivity index (χ2n) is 5.38. The third-order valence-corrected chi connectivity index (χ3v) is 4.51. The maximum absolute atomic E-state index is 11.6. The van der Waals surface area contributed by atoms with E-state index in [2.05, 4.69) is 19.2 Å². The second kappa shape index (κ2) is 7.53. The van der Waals surface area contributed by atoms with Crippen molar-refractivity contribution in [3.8, 4) is 0 Å². The Morgan fingerprint density at radius 1 is 1.25 bits per heavy atom. The standard InChI is InChI=1S/C15H26N2O2S/c1-4-5-6-7-9-12(2)17-13-10-8-11-14(15(13)16)20(3,18)19/h8,10-12,17H,4-7,9,16H2,1-3H3. The molecule has 20 heavy (non-hydrogen) atoms. The minimum Gasteiger partial charge on any atom is -0.396 e. The molecule has 1 rings (SSSR count). The zero-order valence-electron chi connectivity index (χ0n) is 12.6. The molecule has 114 valence electrons. The van der Waals surface area contributed by atoms with Gasteiger partial charge in [0.2, 0.25) is 0 Å². The molecule has 0 aliphatic carbocycles. The Morgan fingerprint density at radius 2 is 1.95 bits per heavy atom. The van der Waals surface area contributed by atoms with Crippen molar-refractivity contribution in [2.24, 2.45) is 0 Å². The van der Waals surface area contributed by atoms with Gasteiger partial charge in [0.1, 0.15) is 0 Å². The number of hydrogen-bond donors (Lipinski definition) is 2. The van der Waals surface area contributed by atoms with Crippen molar-refractivity contribution in [1.29, 1.82) is 0 Å². The predicted molar refractivity (Wildman–Crippen MR) is 85.8 cm³/mol. The summed E-state index contributed by atoms with van der Waals surface area (Å²) in [5, 5.41) is 3.31. The summed E-state index contributed by atoms with van der Waals surface area (Å²) in [4.78, 5) is 0.195. The molecule has 0 amide bonds. The number of unbranched alkanes of at least 4 members (excludes halogenated alkanes) is 3. The summed E-state index contributed by atoms with van der Waals surface area (Å²) in [5.74, 6) is 0. The van der Waals surface area contributed by atoms with Gasteiger partial charge in [0.15, 0.2) is 9.84 Å². The Kier molecular flexibility index (Phi) is 6.33. The number of para-hydroxylation sites is 1. The van der Waals surface area contributed by atoms with Gasteiger partial charge in [0.25, 0.3) is 0 Å². The topological polar surface area (TPSA) is 72.2 Å². The monoisotopic (exact) mass is 298 g/mol. The lowest BCUT2D eigenvalue weighted by molar-refractivity contribution is 0.593. The van der Waals surface area contributed by atoms with Gasteiger partial charge in [-0.05, 0) is 25.5 Å². The van der Waals surface area contributed by atoms with Crippen LogP contribution in [0, 0.1) is 0 Å². The Bertz CT molecular complexity index is 527. The van der Waals surface area contributed by atoms with Crippen molar-refractivity contribution in [3.05, 3.63) is 18.2 Å². The van der Waals surface area contributed by atoms with Crippen LogP contribution in [-0.2, 0) is 9.84 Å². The van der Waals surface area contributed by atoms with Crippen molar-refractivity contribution < 1.29 is 8.42 Å². The van der Waals surface area contributed by atoms with Gasteiger partial charge < -0.3 is 11.1 Å². The second-order valence-corrected chi connectivity index (χ2v) is 7.37. The molecule has 1 atom stereocenters. The molecule has 0 fully saturated rings. The maximum Gasteiger partial charge on any atom is 0.177 e. The lowest BCUT2D eigenvalue weighted by atomic mass is 10.1. The van der Waals surface area contributed by atoms with E-state index in [0.717, 1.165) is 6.42 Å². The van der Waals surface area contributed by atoms with E-state index in [1.807, 2.05) is 6.07 Å². The molecular weight excluding hydrogens is 272 g/mol. The van der Waals surface area contributed by atoms with E-state index in [-0.39, 0.29) is 10.9 Å². The molecule has 0 saturated carbocycles. The van der Waals surface area contributed by atoms with E-state index in [0.29, 0.717) is 11.4 Å². The first-order valence-electron chi connectivity index (χ1n) is 7.21. The molecule has 0 radical (unpaired) electrons. The maximum atomic E-state index is 11.6. The molecule has 0 bridgehead atoms. The van der Waals surface area contributed by atoms with E-state index in [1.165, 1.54) is 31.9 Å². The van der Waals surface area contributed by atoms with Gasteiger partial charge in [-0.25, -0.2) is 8.42 Å². The lowest BCUT2D eigenvalue weighted by Gasteiger charge is -2.18. The summed E-state index contributed by atoms with van der Waals surface area (Å²) in [5.41, 5.74) is 6.97. The smallest absolute Gasteiger partial charge is 0.177 e. The minimum atomic E-state index is -3.28. The van der Waals surface area contributed by atoms with E-state index in [1.54, 1.807) is 12.1 Å². The van der Waals surface area contributed by atoms with Crippen LogP contribution in [0.4, 0.5) is 11.4 Å². The molecule has 1 unspecified atom stereocenters. The van der Waals surface area contributed by atoms with Crippen molar-refractivity contribution in [2.45, 2.75) is 56.9 Å². The Labute approximate surface area is 122 Å². The van der Waals surface area contributed by atoms with E-state index >= 15 is 0 Å². The largest absolute Gasteiger partial charge is 0.396 e. The molecule has 1 aromatic rings. The molecule has 0 spiro atoms. The highest BCUT2D eigenvalue weighted by Crippen LogP contribution is 2.27. The molecule has 1 aromatic carbocycles. The van der Waals surface area contributed by atoms with Gasteiger partial charge in [-0.3, -0.25) is 0 Å². The molecule has 0 aliphatic rings. The quantitative estimate of drug-likeness (QED) is 0.569. The third-order valence-electron chi connectivity index (χ3n) is 3.36. The summed E-state index contributed by atoms with van der Waals surface area (Å²) in [6.07, 6.45) is 7.14. The van der Waals surface area contributed by atoms with E-state index < -0.39 is 9.84 Å². The highest BCUT2D eigenvalue weighted by molar-refractivity contribution is 7.90. The number of hydrogen-bond acceptors (Lipinski definition) is 4. The molecule has 5 heteroatoms. The van der Waals surface area contributed by atoms with Crippen LogP contribution in [-0.4, -0.2) is 20.7 Å². The van der Waals surface area contributed by atoms with Crippen LogP contribution in [0.15, 0.2) is 23.1 Å². The molecule has 0 aliphatic heterocycles. The van der Waals surface area contributed by atoms with Crippen LogP contribution in [0.25, 0.3) is 0 Å². The van der Waals surface area contributed by atoms with Crippen LogP contribution in [0.2, 0.25) is 0 Å². The molecular formula is C15H26N2O2S. The fourth-order valence-corrected chi connectivity index (χ4v) is 3.04. The van der Waals surface area contributed by atoms with E-state index in [4.69, 9.17) is 5.73 Å². The molecule has 3 N–H and O–H groups in total. The fourth-order valence-electron chi connectivity index (χ4n) is 2.21. The highest BCUT2D eigenvalue weighted by atomic mass is 32.2. The van der Waals surface area contributed by atoms with Crippen LogP contribution >= 0.6 is 0 Å². The summed E-state index contributed by atoms with van der Waals surface area (Å²) in [7, 11) is -3.28. The molecule has 0 heterocycles. The summed E-state index contributed by atoms with van der Waals surface area (Å²) in [6.45, 7) is 4.29. The van der Waals surface area contributed by atoms with Crippen LogP contribution in [0.1, 0.15) is 46.0 Å². The number of sulfone groups is 1. The Balaban J connectivity index is 2.69. The van der Waals surface area contributed by atoms with Crippen LogP contribution in [0.3, 0.4) is 0 Å². The number of nitrogen functional groups attached to an aromatic ring is 1. The number of nitrogens with two attached hydrogens (primary N) is 1. The number of benzene rings is 1. The van der Waals surface area contributed by atoms with Crippen molar-refractivity contribution in [3.63, 3.8) is 0 Å². The van der Waals surface area contributed by atoms with Crippen LogP contribution < -0.4 is 11.1 Å². The highest BCUT2D eigenvalue weighted by Gasteiger charge is 2.14. The third kappa shape index (κ3) is 5.04. The molecule has 0 saturated heterocycles. The zero-order chi connectivity index (χ0) is 15.2. The van der Waals surface area contributed by atoms with Gasteiger partial charge >= 0.3 is 0 Å². The lowest BCUT2D eigenvalue weighted by Crippen LogP contribution is -2.17. The van der Waals surface area contributed by atoms with Gasteiger partial charge in [-0.2, -0.15) is 0 Å². The average molecular weight is 298 g/mol. The number of nitrogens with one attached hydrogen (secondary N) is 1. The molecule has 4 nitrogen and oxygen atoms in total. The normalized spacial score (nSPS) is 13.2. The van der Waals surface area contributed by atoms with Crippen molar-refractivity contribution >= 4 is 21.2 Å². The zero-order valence-corrected chi connectivity index (χ0v) is 13.5. The van der Waals surface area contributed by atoms with Crippen LogP contribution in [0.5, 0.6) is 0 Å².